The van der Waals surface area contributed by atoms with Gasteiger partial charge in [0.25, 0.3) is 0 Å². The van der Waals surface area contributed by atoms with Crippen molar-refractivity contribution in [2.45, 2.75) is 46.1 Å². The van der Waals surface area contributed by atoms with Crippen LogP contribution in [0.2, 0.25) is 0 Å². The minimum absolute atomic E-state index is 0.561. The van der Waals surface area contributed by atoms with Crippen LogP contribution in [0.3, 0.4) is 0 Å². The van der Waals surface area contributed by atoms with Gasteiger partial charge in [0.15, 0.2) is 0 Å². The third-order valence-electron chi connectivity index (χ3n) is 4.15. The van der Waals surface area contributed by atoms with Gasteiger partial charge in [-0.15, -0.1) is 0 Å². The molecule has 1 aliphatic carbocycles. The third kappa shape index (κ3) is 2.90. The molecule has 1 N–H and O–H groups in total. The summed E-state index contributed by atoms with van der Waals surface area (Å²) < 4.78 is 0. The van der Waals surface area contributed by atoms with E-state index in [0.717, 1.165) is 18.4 Å². The summed E-state index contributed by atoms with van der Waals surface area (Å²) in [6, 6.07) is 9.40. The normalized spacial score (nSPS) is 26.1. The lowest BCUT2D eigenvalue weighted by Crippen LogP contribution is -2.27. The topological polar surface area (TPSA) is 12.0 Å². The summed E-state index contributed by atoms with van der Waals surface area (Å²) in [6.45, 7) is 7.90. The molecule has 1 fully saturated rings. The van der Waals surface area contributed by atoms with Gasteiger partial charge in [0.2, 0.25) is 0 Å². The fourth-order valence-corrected chi connectivity index (χ4v) is 3.24. The molecular weight excluding hydrogens is 206 g/mol. The predicted molar refractivity (Wildman–Crippen MR) is 74.1 cm³/mol. The van der Waals surface area contributed by atoms with Crippen molar-refractivity contribution in [2.75, 3.05) is 6.54 Å². The lowest BCUT2D eigenvalue weighted by Gasteiger charge is -2.26. The number of hydrogen-bond donors (Lipinski definition) is 1. The molecule has 1 heteroatoms. The first-order valence-electron chi connectivity index (χ1n) is 7.01. The van der Waals surface area contributed by atoms with E-state index in [1.54, 1.807) is 0 Å². The Morgan fingerprint density at radius 3 is 2.65 bits per heavy atom. The van der Waals surface area contributed by atoms with Crippen LogP contribution in [0.5, 0.6) is 0 Å². The van der Waals surface area contributed by atoms with Crippen LogP contribution in [-0.2, 0) is 0 Å². The highest BCUT2D eigenvalue weighted by atomic mass is 14.9. The zero-order valence-corrected chi connectivity index (χ0v) is 11.4. The molecular formula is C16H25N. The van der Waals surface area contributed by atoms with Crippen LogP contribution in [0.4, 0.5) is 0 Å². The zero-order chi connectivity index (χ0) is 12.3. The van der Waals surface area contributed by atoms with Crippen LogP contribution < -0.4 is 5.32 Å². The summed E-state index contributed by atoms with van der Waals surface area (Å²) in [5.74, 6) is 1.73. The molecule has 0 aromatic heterocycles. The summed E-state index contributed by atoms with van der Waals surface area (Å²) in [7, 11) is 0. The molecule has 1 aliphatic rings. The van der Waals surface area contributed by atoms with Crippen molar-refractivity contribution in [3.8, 4) is 0 Å². The van der Waals surface area contributed by atoms with Crippen LogP contribution >= 0.6 is 0 Å². The summed E-state index contributed by atoms with van der Waals surface area (Å²) in [5, 5.41) is 3.70. The molecule has 1 saturated carbocycles. The molecule has 94 valence electrons. The maximum atomic E-state index is 3.70. The highest BCUT2D eigenvalue weighted by Crippen LogP contribution is 2.39. The average Bonchev–Trinajstić information content (AvgIpc) is 2.74. The van der Waals surface area contributed by atoms with Gasteiger partial charge in [-0.1, -0.05) is 44.5 Å². The van der Waals surface area contributed by atoms with Crippen molar-refractivity contribution in [3.63, 3.8) is 0 Å². The van der Waals surface area contributed by atoms with Crippen molar-refractivity contribution in [1.82, 2.24) is 5.32 Å². The average molecular weight is 231 g/mol. The summed E-state index contributed by atoms with van der Waals surface area (Å²) >= 11 is 0. The fourth-order valence-electron chi connectivity index (χ4n) is 3.24. The van der Waals surface area contributed by atoms with E-state index in [2.05, 4.69) is 50.4 Å². The first-order chi connectivity index (χ1) is 8.22. The van der Waals surface area contributed by atoms with Crippen molar-refractivity contribution in [1.29, 1.82) is 0 Å². The largest absolute Gasteiger partial charge is 0.310 e. The van der Waals surface area contributed by atoms with Gasteiger partial charge in [0.1, 0.15) is 0 Å². The Morgan fingerprint density at radius 2 is 2.06 bits per heavy atom. The van der Waals surface area contributed by atoms with E-state index >= 15 is 0 Å². The van der Waals surface area contributed by atoms with Gasteiger partial charge in [0.05, 0.1) is 0 Å². The van der Waals surface area contributed by atoms with E-state index in [-0.39, 0.29) is 0 Å². The van der Waals surface area contributed by atoms with E-state index in [4.69, 9.17) is 0 Å². The van der Waals surface area contributed by atoms with Crippen molar-refractivity contribution in [3.05, 3.63) is 35.4 Å². The number of nitrogens with one attached hydrogen (secondary N) is 1. The maximum Gasteiger partial charge on any atom is 0.0351 e. The Kier molecular flexibility index (Phi) is 4.22. The quantitative estimate of drug-likeness (QED) is 0.823. The first kappa shape index (κ1) is 12.6. The van der Waals surface area contributed by atoms with Crippen LogP contribution in [0.1, 0.15) is 50.3 Å². The van der Waals surface area contributed by atoms with Gasteiger partial charge in [-0.2, -0.15) is 0 Å². The van der Waals surface area contributed by atoms with Gasteiger partial charge < -0.3 is 5.32 Å². The molecule has 1 nitrogen and oxygen atoms in total. The number of aryl methyl sites for hydroxylation is 1. The van der Waals surface area contributed by atoms with Crippen LogP contribution in [0.15, 0.2) is 24.3 Å². The minimum Gasteiger partial charge on any atom is -0.310 e. The highest BCUT2D eigenvalue weighted by Gasteiger charge is 2.29. The van der Waals surface area contributed by atoms with Crippen molar-refractivity contribution < 1.29 is 0 Å². The third-order valence-corrected chi connectivity index (χ3v) is 4.15. The highest BCUT2D eigenvalue weighted by molar-refractivity contribution is 5.29. The second-order valence-electron chi connectivity index (χ2n) is 5.57. The lowest BCUT2D eigenvalue weighted by molar-refractivity contribution is 0.364. The Balaban J connectivity index is 2.20. The van der Waals surface area contributed by atoms with Gasteiger partial charge in [-0.25, -0.2) is 0 Å². The van der Waals surface area contributed by atoms with E-state index in [0.29, 0.717) is 6.04 Å². The Hall–Kier alpha value is -0.820. The Morgan fingerprint density at radius 1 is 1.29 bits per heavy atom. The van der Waals surface area contributed by atoms with Gasteiger partial charge in [-0.05, 0) is 49.3 Å². The Bertz CT molecular complexity index is 358. The van der Waals surface area contributed by atoms with Gasteiger partial charge >= 0.3 is 0 Å². The molecule has 0 heterocycles. The minimum atomic E-state index is 0.561. The van der Waals surface area contributed by atoms with E-state index < -0.39 is 0 Å². The van der Waals surface area contributed by atoms with Crippen molar-refractivity contribution in [2.24, 2.45) is 11.8 Å². The molecule has 0 saturated heterocycles. The molecule has 3 unspecified atom stereocenters. The molecule has 17 heavy (non-hydrogen) atoms. The zero-order valence-electron chi connectivity index (χ0n) is 11.4. The van der Waals surface area contributed by atoms with E-state index in [1.165, 1.54) is 30.4 Å². The maximum absolute atomic E-state index is 3.70. The molecule has 0 bridgehead atoms. The van der Waals surface area contributed by atoms with Gasteiger partial charge in [0, 0.05) is 6.04 Å². The Labute approximate surface area is 106 Å². The van der Waals surface area contributed by atoms with Crippen LogP contribution in [0.25, 0.3) is 0 Å². The number of hydrogen-bond acceptors (Lipinski definition) is 1. The molecule has 3 atom stereocenters. The molecule has 0 spiro atoms. The second kappa shape index (κ2) is 5.68. The lowest BCUT2D eigenvalue weighted by atomic mass is 9.88. The molecule has 1 aromatic carbocycles. The number of benzene rings is 1. The molecule has 2 rings (SSSR count). The van der Waals surface area contributed by atoms with Crippen LogP contribution in [-0.4, -0.2) is 6.54 Å². The first-order valence-corrected chi connectivity index (χ1v) is 7.01. The molecule has 1 aromatic rings. The summed E-state index contributed by atoms with van der Waals surface area (Å²) in [4.78, 5) is 0. The standard InChI is InChI=1S/C16H25N/c1-4-17-16(14-10-9-12(2)11-14)15-8-6-5-7-13(15)3/h5-8,12,14,16-17H,4,9-11H2,1-3H3. The molecule has 0 radical (unpaired) electrons. The summed E-state index contributed by atoms with van der Waals surface area (Å²) in [6.07, 6.45) is 4.16. The summed E-state index contributed by atoms with van der Waals surface area (Å²) in [5.41, 5.74) is 2.94. The molecule has 0 aliphatic heterocycles. The number of rotatable bonds is 4. The van der Waals surface area contributed by atoms with E-state index in [9.17, 15) is 0 Å². The molecule has 0 amide bonds. The van der Waals surface area contributed by atoms with Crippen molar-refractivity contribution >= 4 is 0 Å². The van der Waals surface area contributed by atoms with Gasteiger partial charge in [-0.3, -0.25) is 0 Å². The van der Waals surface area contributed by atoms with E-state index in [1.807, 2.05) is 0 Å². The van der Waals surface area contributed by atoms with Crippen LogP contribution in [0, 0.1) is 18.8 Å². The fraction of sp³-hybridized carbons (Fsp3) is 0.625. The smallest absolute Gasteiger partial charge is 0.0351 e. The predicted octanol–water partition coefficient (Wildman–Crippen LogP) is 4.08. The SMILES string of the molecule is CCNC(c1ccccc1C)C1CCC(C)C1. The second-order valence-corrected chi connectivity index (χ2v) is 5.57. The monoisotopic (exact) mass is 231 g/mol.